The Kier molecular flexibility index (Phi) is 3.44. The van der Waals surface area contributed by atoms with Crippen LogP contribution >= 0.6 is 0 Å². The number of aliphatic hydroxyl groups is 1. The molecule has 2 N–H and O–H groups in total. The average Bonchev–Trinajstić information content (AvgIpc) is 1.65. The molecule has 0 aromatic carbocycles. The number of nitrogens with one attached hydrogen (secondary N) is 1. The zero-order valence-electron chi connectivity index (χ0n) is 5.44. The van der Waals surface area contributed by atoms with Crippen LogP contribution in [0.25, 0.3) is 0 Å². The van der Waals surface area contributed by atoms with Gasteiger partial charge in [-0.15, -0.1) is 0 Å². The molecular formula is C6H13NO. The van der Waals surface area contributed by atoms with Crippen molar-refractivity contribution in [1.82, 2.24) is 0 Å². The van der Waals surface area contributed by atoms with Gasteiger partial charge in [0.25, 0.3) is 0 Å². The predicted octanol–water partition coefficient (Wildman–Crippen LogP) is 1.04. The van der Waals surface area contributed by atoms with Gasteiger partial charge in [-0.25, -0.2) is 0 Å². The number of aliphatic hydroxyl groups excluding tert-OH is 1. The quantitative estimate of drug-likeness (QED) is 0.530. The Morgan fingerprint density at radius 2 is 2.25 bits per heavy atom. The molecule has 1 atom stereocenters. The maximum absolute atomic E-state index is 8.49. The van der Waals surface area contributed by atoms with Crippen LogP contribution in [0.2, 0.25) is 0 Å². The molecule has 8 heavy (non-hydrogen) atoms. The second kappa shape index (κ2) is 3.61. The molecule has 0 unspecified atom stereocenters. The molecule has 0 aromatic heterocycles. The summed E-state index contributed by atoms with van der Waals surface area (Å²) in [5.41, 5.74) is 0.645. The van der Waals surface area contributed by atoms with E-state index in [-0.39, 0.29) is 12.5 Å². The molecule has 0 fully saturated rings. The Hall–Kier alpha value is -0.370. The highest BCUT2D eigenvalue weighted by Gasteiger charge is 1.98. The minimum absolute atomic E-state index is 0.191. The number of hydrogen-bond donors (Lipinski definition) is 2. The topological polar surface area (TPSA) is 44.1 Å². The third-order valence-electron chi connectivity index (χ3n) is 0.966. The van der Waals surface area contributed by atoms with E-state index in [9.17, 15) is 0 Å². The highest BCUT2D eigenvalue weighted by molar-refractivity contribution is 5.78. The average molecular weight is 115 g/mol. The molecule has 0 aliphatic rings. The van der Waals surface area contributed by atoms with Crippen molar-refractivity contribution in [2.75, 3.05) is 6.61 Å². The van der Waals surface area contributed by atoms with E-state index in [4.69, 9.17) is 10.5 Å². The van der Waals surface area contributed by atoms with Crippen molar-refractivity contribution in [3.63, 3.8) is 0 Å². The lowest BCUT2D eigenvalue weighted by atomic mass is 10.1. The molecule has 0 rings (SSSR count). The van der Waals surface area contributed by atoms with Crippen LogP contribution in [-0.2, 0) is 0 Å². The molecule has 2 nitrogen and oxygen atoms in total. The fourth-order valence-electron chi connectivity index (χ4n) is 0.587. The Morgan fingerprint density at radius 3 is 2.38 bits per heavy atom. The van der Waals surface area contributed by atoms with E-state index in [0.29, 0.717) is 5.71 Å². The van der Waals surface area contributed by atoms with Gasteiger partial charge in [0.05, 0.1) is 0 Å². The van der Waals surface area contributed by atoms with Crippen LogP contribution in [0.3, 0.4) is 0 Å². The minimum Gasteiger partial charge on any atom is -0.396 e. The van der Waals surface area contributed by atoms with Crippen LogP contribution < -0.4 is 0 Å². The van der Waals surface area contributed by atoms with Crippen LogP contribution in [0.15, 0.2) is 0 Å². The summed E-state index contributed by atoms with van der Waals surface area (Å²) in [5.74, 6) is 0.257. The van der Waals surface area contributed by atoms with E-state index >= 15 is 0 Å². The maximum atomic E-state index is 8.49. The molecule has 0 amide bonds. The molecule has 0 saturated carbocycles. The second-order valence-electron chi connectivity index (χ2n) is 2.27. The van der Waals surface area contributed by atoms with Crippen molar-refractivity contribution >= 4 is 5.71 Å². The van der Waals surface area contributed by atoms with Crippen molar-refractivity contribution in [3.05, 3.63) is 0 Å². The molecular weight excluding hydrogens is 102 g/mol. The van der Waals surface area contributed by atoms with E-state index in [2.05, 4.69) is 0 Å². The molecule has 0 bridgehead atoms. The van der Waals surface area contributed by atoms with Crippen LogP contribution in [0.4, 0.5) is 0 Å². The van der Waals surface area contributed by atoms with Gasteiger partial charge in [-0.05, 0) is 19.3 Å². The fourth-order valence-corrected chi connectivity index (χ4v) is 0.587. The molecule has 0 aliphatic carbocycles. The largest absolute Gasteiger partial charge is 0.396 e. The molecule has 0 saturated heterocycles. The van der Waals surface area contributed by atoms with E-state index < -0.39 is 0 Å². The molecule has 0 aliphatic heterocycles. The van der Waals surface area contributed by atoms with Crippen molar-refractivity contribution < 1.29 is 5.11 Å². The first-order valence-electron chi connectivity index (χ1n) is 2.81. The van der Waals surface area contributed by atoms with E-state index in [1.807, 2.05) is 6.92 Å². The van der Waals surface area contributed by atoms with Gasteiger partial charge in [-0.1, -0.05) is 6.92 Å². The van der Waals surface area contributed by atoms with Gasteiger partial charge in [0.1, 0.15) is 0 Å². The highest BCUT2D eigenvalue weighted by atomic mass is 16.3. The third kappa shape index (κ3) is 3.81. The summed E-state index contributed by atoms with van der Waals surface area (Å²) in [4.78, 5) is 0. The first-order chi connectivity index (χ1) is 3.66. The summed E-state index contributed by atoms with van der Waals surface area (Å²) in [6.45, 7) is 3.88. The molecule has 0 heterocycles. The molecule has 48 valence electrons. The molecule has 2 heteroatoms. The van der Waals surface area contributed by atoms with Crippen molar-refractivity contribution in [2.45, 2.75) is 20.3 Å². The van der Waals surface area contributed by atoms with Crippen molar-refractivity contribution in [1.29, 1.82) is 5.41 Å². The number of rotatable bonds is 3. The van der Waals surface area contributed by atoms with Crippen molar-refractivity contribution in [3.8, 4) is 0 Å². The fraction of sp³-hybridized carbons (Fsp3) is 0.833. The van der Waals surface area contributed by atoms with Gasteiger partial charge >= 0.3 is 0 Å². The molecule has 0 spiro atoms. The summed E-state index contributed by atoms with van der Waals surface area (Å²) in [6.07, 6.45) is 0.719. The van der Waals surface area contributed by atoms with Crippen LogP contribution in [-0.4, -0.2) is 17.4 Å². The summed E-state index contributed by atoms with van der Waals surface area (Å²) >= 11 is 0. The first kappa shape index (κ1) is 7.63. The van der Waals surface area contributed by atoms with Gasteiger partial charge in [0.2, 0.25) is 0 Å². The SMILES string of the molecule is CC(=N)C[C@@H](C)CO. The lowest BCUT2D eigenvalue weighted by Crippen LogP contribution is -2.04. The lowest BCUT2D eigenvalue weighted by molar-refractivity contribution is 0.241. The Bertz CT molecular complexity index is 80.6. The number of hydrogen-bond acceptors (Lipinski definition) is 2. The predicted molar refractivity (Wildman–Crippen MR) is 34.3 cm³/mol. The lowest BCUT2D eigenvalue weighted by Gasteiger charge is -2.03. The normalized spacial score (nSPS) is 13.4. The minimum atomic E-state index is 0.191. The summed E-state index contributed by atoms with van der Waals surface area (Å²) in [6, 6.07) is 0. The first-order valence-corrected chi connectivity index (χ1v) is 2.81. The van der Waals surface area contributed by atoms with Crippen molar-refractivity contribution in [2.24, 2.45) is 5.92 Å². The summed E-state index contributed by atoms with van der Waals surface area (Å²) in [7, 11) is 0. The van der Waals surface area contributed by atoms with Gasteiger partial charge < -0.3 is 10.5 Å². The zero-order valence-corrected chi connectivity index (χ0v) is 5.44. The molecule has 0 radical (unpaired) electrons. The molecule has 0 aromatic rings. The van der Waals surface area contributed by atoms with Crippen LogP contribution in [0.1, 0.15) is 20.3 Å². The van der Waals surface area contributed by atoms with Gasteiger partial charge in [0.15, 0.2) is 0 Å². The van der Waals surface area contributed by atoms with E-state index in [1.54, 1.807) is 6.92 Å². The van der Waals surface area contributed by atoms with E-state index in [1.165, 1.54) is 0 Å². The monoisotopic (exact) mass is 115 g/mol. The summed E-state index contributed by atoms with van der Waals surface area (Å²) in [5, 5.41) is 15.5. The van der Waals surface area contributed by atoms with Gasteiger partial charge in [0, 0.05) is 12.3 Å². The standard InChI is InChI=1S/C6H13NO/c1-5(4-8)3-6(2)7/h5,7-8H,3-4H2,1-2H3/t5-/m1/s1. The maximum Gasteiger partial charge on any atom is 0.0460 e. The smallest absolute Gasteiger partial charge is 0.0460 e. The van der Waals surface area contributed by atoms with Crippen LogP contribution in [0.5, 0.6) is 0 Å². The Morgan fingerprint density at radius 1 is 1.75 bits per heavy atom. The Balaban J connectivity index is 3.24. The van der Waals surface area contributed by atoms with Gasteiger partial charge in [-0.3, -0.25) is 0 Å². The van der Waals surface area contributed by atoms with Gasteiger partial charge in [-0.2, -0.15) is 0 Å². The van der Waals surface area contributed by atoms with E-state index in [0.717, 1.165) is 6.42 Å². The highest BCUT2D eigenvalue weighted by Crippen LogP contribution is 1.99. The van der Waals surface area contributed by atoms with Crippen LogP contribution in [0, 0.1) is 11.3 Å². The zero-order chi connectivity index (χ0) is 6.57. The second-order valence-corrected chi connectivity index (χ2v) is 2.27. The Labute approximate surface area is 50.0 Å². The summed E-state index contributed by atoms with van der Waals surface area (Å²) < 4.78 is 0. The third-order valence-corrected chi connectivity index (χ3v) is 0.966.